The van der Waals surface area contributed by atoms with E-state index in [1.807, 2.05) is 38.1 Å². The number of nitrogens with one attached hydrogen (secondary N) is 1. The van der Waals surface area contributed by atoms with Crippen LogP contribution in [-0.4, -0.2) is 23.5 Å². The number of hydrogen-bond acceptors (Lipinski definition) is 6. The largest absolute Gasteiger partial charge is 0.384 e. The molecule has 3 N–H and O–H groups in total. The first-order chi connectivity index (χ1) is 13.3. The molecule has 3 rings (SSSR count). The highest BCUT2D eigenvalue weighted by Gasteiger charge is 2.31. The second kappa shape index (κ2) is 8.12. The Bertz CT molecular complexity index is 1010. The number of aromatic amines is 1. The van der Waals surface area contributed by atoms with Crippen molar-refractivity contribution >= 4 is 18.0 Å². The maximum Gasteiger partial charge on any atom is 0.163 e. The van der Waals surface area contributed by atoms with Gasteiger partial charge in [0.2, 0.25) is 0 Å². The normalized spacial score (nSPS) is 17.8. The summed E-state index contributed by atoms with van der Waals surface area (Å²) in [6, 6.07) is 12.0. The number of nitrogen functional groups attached to an aromatic ring is 1. The Morgan fingerprint density at radius 2 is 1.89 bits per heavy atom. The average molecular weight is 395 g/mol. The molecule has 7 heteroatoms. The molecule has 1 aliphatic rings. The summed E-state index contributed by atoms with van der Waals surface area (Å²) in [5.74, 6) is -0.311. The fourth-order valence-electron chi connectivity index (χ4n) is 3.41. The minimum atomic E-state index is -0.484. The highest BCUT2D eigenvalue weighted by Crippen LogP contribution is 2.31. The van der Waals surface area contributed by atoms with Crippen LogP contribution >= 0.6 is 12.2 Å². The van der Waals surface area contributed by atoms with Crippen LogP contribution in [0.2, 0.25) is 0 Å². The number of nitrogens with zero attached hydrogens (tertiary/aromatic N) is 2. The molecule has 0 aliphatic carbocycles. The molecule has 1 aliphatic heterocycles. The van der Waals surface area contributed by atoms with Gasteiger partial charge in [-0.25, -0.2) is 0 Å². The zero-order valence-corrected chi connectivity index (χ0v) is 16.7. The van der Waals surface area contributed by atoms with Crippen LogP contribution in [0.5, 0.6) is 0 Å². The Kier molecular flexibility index (Phi) is 5.81. The summed E-state index contributed by atoms with van der Waals surface area (Å²) in [6.07, 6.45) is 2.97. The van der Waals surface area contributed by atoms with Gasteiger partial charge >= 0.3 is 0 Å². The van der Waals surface area contributed by atoms with Gasteiger partial charge in [0, 0.05) is 5.56 Å². The molecule has 2 aromatic rings. The summed E-state index contributed by atoms with van der Waals surface area (Å²) in [6.45, 7) is 4.49. The van der Waals surface area contributed by atoms with Crippen molar-refractivity contribution in [1.82, 2.24) is 4.98 Å². The SMILES string of the molecule is CC1(C)OCC(CCCc2ccc(-c3c(C#N)c(N)[nH]c(=S)c3C#N)cc2)O1. The van der Waals surface area contributed by atoms with Crippen LogP contribution in [0.1, 0.15) is 43.4 Å². The van der Waals surface area contributed by atoms with E-state index < -0.39 is 5.79 Å². The van der Waals surface area contributed by atoms with E-state index in [0.29, 0.717) is 12.2 Å². The number of hydrogen-bond donors (Lipinski definition) is 2. The molecule has 1 aromatic heterocycles. The summed E-state index contributed by atoms with van der Waals surface area (Å²) >= 11 is 5.20. The van der Waals surface area contributed by atoms with E-state index in [9.17, 15) is 10.5 Å². The molecular formula is C21H22N4O2S. The second-order valence-corrected chi connectivity index (χ2v) is 7.66. The molecule has 28 heavy (non-hydrogen) atoms. The number of H-pyrrole nitrogens is 1. The number of benzene rings is 1. The number of rotatable bonds is 5. The van der Waals surface area contributed by atoms with Crippen molar-refractivity contribution < 1.29 is 9.47 Å². The summed E-state index contributed by atoms with van der Waals surface area (Å²) in [7, 11) is 0. The first kappa shape index (κ1) is 20.0. The molecule has 0 amide bonds. The monoisotopic (exact) mass is 394 g/mol. The number of ether oxygens (including phenoxy) is 2. The minimum Gasteiger partial charge on any atom is -0.384 e. The van der Waals surface area contributed by atoms with Crippen LogP contribution in [0, 0.1) is 27.3 Å². The fourth-order valence-corrected chi connectivity index (χ4v) is 3.67. The van der Waals surface area contributed by atoms with Crippen LogP contribution < -0.4 is 5.73 Å². The molecule has 0 radical (unpaired) electrons. The summed E-state index contributed by atoms with van der Waals surface area (Å²) < 4.78 is 11.7. The minimum absolute atomic E-state index is 0.139. The molecule has 1 fully saturated rings. The third kappa shape index (κ3) is 4.23. The van der Waals surface area contributed by atoms with Gasteiger partial charge in [0.15, 0.2) is 5.79 Å². The van der Waals surface area contributed by atoms with Gasteiger partial charge in [0.05, 0.1) is 18.3 Å². The van der Waals surface area contributed by atoms with Crippen molar-refractivity contribution in [3.8, 4) is 23.3 Å². The predicted molar refractivity (Wildman–Crippen MR) is 109 cm³/mol. The van der Waals surface area contributed by atoms with E-state index in [2.05, 4.69) is 17.1 Å². The highest BCUT2D eigenvalue weighted by molar-refractivity contribution is 7.71. The smallest absolute Gasteiger partial charge is 0.163 e. The Labute approximate surface area is 169 Å². The maximum absolute atomic E-state index is 9.47. The fraction of sp³-hybridized carbons (Fsp3) is 0.381. The van der Waals surface area contributed by atoms with Crippen molar-refractivity contribution in [2.75, 3.05) is 12.3 Å². The maximum atomic E-state index is 9.47. The predicted octanol–water partition coefficient (Wildman–Crippen LogP) is 4.21. The van der Waals surface area contributed by atoms with E-state index >= 15 is 0 Å². The van der Waals surface area contributed by atoms with Crippen molar-refractivity contribution in [3.63, 3.8) is 0 Å². The van der Waals surface area contributed by atoms with Gasteiger partial charge < -0.3 is 20.2 Å². The lowest BCUT2D eigenvalue weighted by Gasteiger charge is -2.17. The standard InChI is InChI=1S/C21H22N4O2S/c1-21(2)26-12-15(27-21)5-3-4-13-6-8-14(9-7-13)18-16(10-22)19(24)25-20(28)17(18)11-23/h6-9,15H,3-5,12H2,1-2H3,(H3,24,25,28). The molecule has 0 spiro atoms. The molecule has 6 nitrogen and oxygen atoms in total. The van der Waals surface area contributed by atoms with Gasteiger partial charge in [-0.15, -0.1) is 0 Å². The van der Waals surface area contributed by atoms with Gasteiger partial charge in [0.25, 0.3) is 0 Å². The average Bonchev–Trinajstić information content (AvgIpc) is 3.00. The Hall–Kier alpha value is -2.71. The van der Waals surface area contributed by atoms with E-state index in [1.165, 1.54) is 5.56 Å². The summed E-state index contributed by atoms with van der Waals surface area (Å²) in [5.41, 5.74) is 8.79. The first-order valence-corrected chi connectivity index (χ1v) is 9.52. The van der Waals surface area contributed by atoms with Gasteiger partial charge in [-0.05, 0) is 44.2 Å². The van der Waals surface area contributed by atoms with Crippen LogP contribution in [0.3, 0.4) is 0 Å². The molecule has 1 aromatic carbocycles. The topological polar surface area (TPSA) is 108 Å². The summed E-state index contributed by atoms with van der Waals surface area (Å²) in [4.78, 5) is 2.72. The quantitative estimate of drug-likeness (QED) is 0.736. The number of aromatic nitrogens is 1. The number of nitrogens with two attached hydrogens (primary N) is 1. The first-order valence-electron chi connectivity index (χ1n) is 9.11. The van der Waals surface area contributed by atoms with Crippen LogP contribution in [0.15, 0.2) is 24.3 Å². The zero-order chi connectivity index (χ0) is 20.3. The third-order valence-corrected chi connectivity index (χ3v) is 5.08. The van der Waals surface area contributed by atoms with Crippen molar-refractivity contribution in [2.24, 2.45) is 0 Å². The highest BCUT2D eigenvalue weighted by atomic mass is 32.1. The Balaban J connectivity index is 1.74. The Morgan fingerprint density at radius 3 is 2.46 bits per heavy atom. The molecular weight excluding hydrogens is 372 g/mol. The number of aryl methyl sites for hydroxylation is 1. The molecule has 0 bridgehead atoms. The van der Waals surface area contributed by atoms with E-state index in [0.717, 1.165) is 24.8 Å². The lowest BCUT2D eigenvalue weighted by molar-refractivity contribution is -0.139. The molecule has 144 valence electrons. The molecule has 0 saturated carbocycles. The lowest BCUT2D eigenvalue weighted by Crippen LogP contribution is -2.21. The lowest BCUT2D eigenvalue weighted by atomic mass is 9.95. The zero-order valence-electron chi connectivity index (χ0n) is 15.9. The van der Waals surface area contributed by atoms with Gasteiger partial charge in [0.1, 0.15) is 28.2 Å². The number of pyridine rings is 1. The molecule has 1 atom stereocenters. The van der Waals surface area contributed by atoms with Crippen LogP contribution in [0.25, 0.3) is 11.1 Å². The van der Waals surface area contributed by atoms with E-state index in [-0.39, 0.29) is 27.7 Å². The van der Waals surface area contributed by atoms with Crippen molar-refractivity contribution in [2.45, 2.75) is 45.0 Å². The van der Waals surface area contributed by atoms with Gasteiger partial charge in [-0.2, -0.15) is 10.5 Å². The van der Waals surface area contributed by atoms with E-state index in [1.54, 1.807) is 0 Å². The second-order valence-electron chi connectivity index (χ2n) is 7.26. The molecule has 1 unspecified atom stereocenters. The molecule has 2 heterocycles. The molecule has 1 saturated heterocycles. The van der Waals surface area contributed by atoms with Gasteiger partial charge in [-0.1, -0.05) is 36.5 Å². The van der Waals surface area contributed by atoms with Crippen molar-refractivity contribution in [1.29, 1.82) is 10.5 Å². The number of nitriles is 2. The van der Waals surface area contributed by atoms with Crippen LogP contribution in [-0.2, 0) is 15.9 Å². The number of anilines is 1. The van der Waals surface area contributed by atoms with Gasteiger partial charge in [-0.3, -0.25) is 0 Å². The van der Waals surface area contributed by atoms with Crippen molar-refractivity contribution in [3.05, 3.63) is 45.6 Å². The van der Waals surface area contributed by atoms with Crippen LogP contribution in [0.4, 0.5) is 5.82 Å². The summed E-state index contributed by atoms with van der Waals surface area (Å²) in [5, 5.41) is 18.9. The van der Waals surface area contributed by atoms with E-state index in [4.69, 9.17) is 27.4 Å². The third-order valence-electron chi connectivity index (χ3n) is 4.77. The Morgan fingerprint density at radius 1 is 1.21 bits per heavy atom.